The molecule has 1 saturated heterocycles. The molecule has 20 heavy (non-hydrogen) atoms. The minimum atomic E-state index is -4.71. The van der Waals surface area contributed by atoms with Gasteiger partial charge in [0, 0.05) is 22.0 Å². The van der Waals surface area contributed by atoms with Gasteiger partial charge in [-0.25, -0.2) is 4.39 Å². The molecule has 1 aliphatic rings. The van der Waals surface area contributed by atoms with E-state index in [4.69, 9.17) is 0 Å². The first-order valence-corrected chi connectivity index (χ1v) is 8.18. The van der Waals surface area contributed by atoms with E-state index >= 15 is 0 Å². The Kier molecular flexibility index (Phi) is 4.92. The highest BCUT2D eigenvalue weighted by Gasteiger charge is 2.35. The molecule has 0 radical (unpaired) electrons. The van der Waals surface area contributed by atoms with Crippen LogP contribution in [0.4, 0.5) is 17.6 Å². The summed E-state index contributed by atoms with van der Waals surface area (Å²) in [4.78, 5) is 0. The molecule has 0 bridgehead atoms. The summed E-state index contributed by atoms with van der Waals surface area (Å²) in [5.41, 5.74) is -1.10. The van der Waals surface area contributed by atoms with Crippen molar-refractivity contribution in [1.29, 1.82) is 0 Å². The third-order valence-corrected chi connectivity index (χ3v) is 6.37. The van der Waals surface area contributed by atoms with E-state index in [-0.39, 0.29) is 16.1 Å². The fraction of sp³-hybridized carbons (Fsp3) is 0.538. The van der Waals surface area contributed by atoms with E-state index in [1.807, 2.05) is 6.92 Å². The van der Waals surface area contributed by atoms with Gasteiger partial charge in [0.05, 0.1) is 11.7 Å². The molecule has 1 nitrogen and oxygen atoms in total. The van der Waals surface area contributed by atoms with Gasteiger partial charge < -0.3 is 5.11 Å². The quantitative estimate of drug-likeness (QED) is 0.826. The average Bonchev–Trinajstić information content (AvgIpc) is 2.37. The van der Waals surface area contributed by atoms with Crippen LogP contribution in [0.25, 0.3) is 0 Å². The largest absolute Gasteiger partial charge is 0.419 e. The highest BCUT2D eigenvalue weighted by atomic mass is 32.2. The monoisotopic (exact) mass is 326 g/mol. The molecule has 0 spiro atoms. The predicted molar refractivity (Wildman–Crippen MR) is 74.5 cm³/mol. The Morgan fingerprint density at radius 1 is 1.25 bits per heavy atom. The smallest absolute Gasteiger partial charge is 0.387 e. The maximum Gasteiger partial charge on any atom is 0.419 e. The third-order valence-electron chi connectivity index (χ3n) is 3.19. The molecule has 1 heterocycles. The molecular formula is C13H14F4OS2. The lowest BCUT2D eigenvalue weighted by Gasteiger charge is -2.32. The molecule has 1 aromatic carbocycles. The van der Waals surface area contributed by atoms with Gasteiger partial charge in [-0.05, 0) is 17.7 Å². The first-order valence-electron chi connectivity index (χ1n) is 6.08. The summed E-state index contributed by atoms with van der Waals surface area (Å²) < 4.78 is 51.0. The molecule has 0 aromatic heterocycles. The number of halogens is 4. The summed E-state index contributed by atoms with van der Waals surface area (Å²) >= 11 is 3.28. The maximum atomic E-state index is 13.5. The van der Waals surface area contributed by atoms with Crippen molar-refractivity contribution in [3.8, 4) is 0 Å². The number of alkyl halides is 3. The van der Waals surface area contributed by atoms with Crippen molar-refractivity contribution < 1.29 is 22.7 Å². The molecule has 1 aromatic rings. The van der Waals surface area contributed by atoms with E-state index in [9.17, 15) is 22.7 Å². The summed E-state index contributed by atoms with van der Waals surface area (Å²) in [6, 6.07) is 2.64. The van der Waals surface area contributed by atoms with Crippen LogP contribution in [0.2, 0.25) is 0 Å². The first-order chi connectivity index (χ1) is 9.30. The van der Waals surface area contributed by atoms with Gasteiger partial charge in [0.15, 0.2) is 0 Å². The number of rotatable bonds is 2. The van der Waals surface area contributed by atoms with Crippen molar-refractivity contribution in [2.75, 3.05) is 11.5 Å². The molecular weight excluding hydrogens is 312 g/mol. The van der Waals surface area contributed by atoms with E-state index in [2.05, 4.69) is 0 Å². The van der Waals surface area contributed by atoms with Crippen LogP contribution in [0.1, 0.15) is 24.2 Å². The lowest BCUT2D eigenvalue weighted by molar-refractivity contribution is -0.140. The molecule has 7 heteroatoms. The van der Waals surface area contributed by atoms with Gasteiger partial charge in [-0.3, -0.25) is 0 Å². The Bertz CT molecular complexity index is 478. The minimum Gasteiger partial charge on any atom is -0.387 e. The molecule has 0 saturated carbocycles. The summed E-state index contributed by atoms with van der Waals surface area (Å²) in [6.07, 6.45) is -5.67. The Balaban J connectivity index is 2.23. The van der Waals surface area contributed by atoms with Crippen LogP contribution < -0.4 is 0 Å². The van der Waals surface area contributed by atoms with Crippen molar-refractivity contribution in [3.63, 3.8) is 0 Å². The number of thioether (sulfide) groups is 2. The van der Waals surface area contributed by atoms with Crippen LogP contribution >= 0.6 is 23.5 Å². The van der Waals surface area contributed by atoms with E-state index in [0.717, 1.165) is 23.6 Å². The zero-order valence-electron chi connectivity index (χ0n) is 10.7. The van der Waals surface area contributed by atoms with E-state index in [0.29, 0.717) is 6.07 Å². The number of aliphatic hydroxyl groups excluding tert-OH is 1. The molecule has 1 fully saturated rings. The highest BCUT2D eigenvalue weighted by molar-refractivity contribution is 8.07. The molecule has 2 rings (SSSR count). The molecule has 0 aliphatic carbocycles. The molecule has 112 valence electrons. The second kappa shape index (κ2) is 6.15. The molecule has 3 atom stereocenters. The third kappa shape index (κ3) is 3.43. The minimum absolute atomic E-state index is 0.134. The lowest BCUT2D eigenvalue weighted by atomic mass is 10.0. The predicted octanol–water partition coefficient (Wildman–Crippen LogP) is 4.12. The summed E-state index contributed by atoms with van der Waals surface area (Å²) in [5, 5.41) is 10.3. The second-order valence-corrected chi connectivity index (χ2v) is 7.36. The van der Waals surface area contributed by atoms with Crippen LogP contribution in [-0.2, 0) is 6.18 Å². The van der Waals surface area contributed by atoms with Crippen molar-refractivity contribution >= 4 is 23.5 Å². The number of hydrogen-bond donors (Lipinski definition) is 1. The zero-order valence-corrected chi connectivity index (χ0v) is 12.3. The normalized spacial score (nSPS) is 25.5. The van der Waals surface area contributed by atoms with Crippen molar-refractivity contribution in [2.24, 2.45) is 0 Å². The Labute approximate surface area is 123 Å². The average molecular weight is 326 g/mol. The molecule has 1 aliphatic heterocycles. The van der Waals surface area contributed by atoms with Gasteiger partial charge in [-0.2, -0.15) is 36.7 Å². The zero-order chi connectivity index (χ0) is 14.9. The van der Waals surface area contributed by atoms with Crippen LogP contribution in [0.3, 0.4) is 0 Å². The Morgan fingerprint density at radius 3 is 2.45 bits per heavy atom. The SMILES string of the molecule is CC1SCCSC1C(O)c1ccc(C(F)(F)F)c(F)c1. The molecule has 1 N–H and O–H groups in total. The van der Waals surface area contributed by atoms with Crippen molar-refractivity contribution in [2.45, 2.75) is 29.7 Å². The van der Waals surface area contributed by atoms with Gasteiger partial charge in [-0.15, -0.1) is 0 Å². The molecule has 3 unspecified atom stereocenters. The van der Waals surface area contributed by atoms with Crippen LogP contribution in [0, 0.1) is 5.82 Å². The lowest BCUT2D eigenvalue weighted by Crippen LogP contribution is -2.29. The fourth-order valence-electron chi connectivity index (χ4n) is 2.13. The standard InChI is InChI=1S/C13H14F4OS2/c1-7-12(20-5-4-19-7)11(18)8-2-3-9(10(14)6-8)13(15,16)17/h2-3,6-7,11-12,18H,4-5H2,1H3. The summed E-state index contributed by atoms with van der Waals surface area (Å²) in [7, 11) is 0. The maximum absolute atomic E-state index is 13.5. The summed E-state index contributed by atoms with van der Waals surface area (Å²) in [5.74, 6) is 0.520. The highest BCUT2D eigenvalue weighted by Crippen LogP contribution is 2.39. The topological polar surface area (TPSA) is 20.2 Å². The van der Waals surface area contributed by atoms with Crippen molar-refractivity contribution in [1.82, 2.24) is 0 Å². The Hall–Kier alpha value is -0.400. The van der Waals surface area contributed by atoms with Gasteiger partial charge in [0.1, 0.15) is 5.82 Å². The number of benzene rings is 1. The number of hydrogen-bond acceptors (Lipinski definition) is 3. The van der Waals surface area contributed by atoms with Crippen LogP contribution in [0.15, 0.2) is 18.2 Å². The van der Waals surface area contributed by atoms with E-state index < -0.39 is 23.7 Å². The second-order valence-electron chi connectivity index (χ2n) is 4.59. The first kappa shape index (κ1) is 16.0. The molecule has 0 amide bonds. The van der Waals surface area contributed by atoms with E-state index in [1.54, 1.807) is 23.5 Å². The van der Waals surface area contributed by atoms with Gasteiger partial charge >= 0.3 is 6.18 Å². The van der Waals surface area contributed by atoms with Gasteiger partial charge in [0.25, 0.3) is 0 Å². The van der Waals surface area contributed by atoms with Crippen LogP contribution in [-0.4, -0.2) is 27.1 Å². The summed E-state index contributed by atoms with van der Waals surface area (Å²) in [6.45, 7) is 1.96. The van der Waals surface area contributed by atoms with Gasteiger partial charge in [-0.1, -0.05) is 13.0 Å². The van der Waals surface area contributed by atoms with Crippen molar-refractivity contribution in [3.05, 3.63) is 35.1 Å². The van der Waals surface area contributed by atoms with Gasteiger partial charge in [0.2, 0.25) is 0 Å². The van der Waals surface area contributed by atoms with E-state index in [1.165, 1.54) is 0 Å². The fourth-order valence-corrected chi connectivity index (χ4v) is 4.97. The number of aliphatic hydroxyl groups is 1. The Morgan fingerprint density at radius 2 is 1.90 bits per heavy atom. The van der Waals surface area contributed by atoms with Crippen LogP contribution in [0.5, 0.6) is 0 Å².